The van der Waals surface area contributed by atoms with Crippen LogP contribution in [0.2, 0.25) is 0 Å². The zero-order chi connectivity index (χ0) is 19.8. The van der Waals surface area contributed by atoms with E-state index in [1.807, 2.05) is 13.8 Å². The van der Waals surface area contributed by atoms with Gasteiger partial charge >= 0.3 is 11.9 Å². The van der Waals surface area contributed by atoms with Gasteiger partial charge < -0.3 is 9.47 Å². The summed E-state index contributed by atoms with van der Waals surface area (Å²) in [5.74, 6) is -1.04. The molecule has 150 valence electrons. The van der Waals surface area contributed by atoms with Crippen LogP contribution in [0.25, 0.3) is 0 Å². The molecule has 4 heteroatoms. The van der Waals surface area contributed by atoms with Gasteiger partial charge in [-0.25, -0.2) is 0 Å². The van der Waals surface area contributed by atoms with Crippen LogP contribution in [-0.4, -0.2) is 25.2 Å². The smallest absolute Gasteiger partial charge is 0.310 e. The predicted molar refractivity (Wildman–Crippen MR) is 107 cm³/mol. The molecule has 0 aliphatic heterocycles. The number of rotatable bonds is 12. The zero-order valence-corrected chi connectivity index (χ0v) is 16.9. The maximum absolute atomic E-state index is 12.6. The third-order valence-corrected chi connectivity index (χ3v) is 5.49. The first-order chi connectivity index (χ1) is 12.9. The van der Waals surface area contributed by atoms with Crippen molar-refractivity contribution in [1.82, 2.24) is 0 Å². The van der Waals surface area contributed by atoms with Crippen LogP contribution in [0, 0.1) is 23.7 Å². The molecular weight excluding hydrogens is 340 g/mol. The third-order valence-electron chi connectivity index (χ3n) is 5.49. The van der Waals surface area contributed by atoms with Crippen molar-refractivity contribution in [2.45, 2.75) is 58.8 Å². The van der Waals surface area contributed by atoms with E-state index in [1.165, 1.54) is 0 Å². The lowest BCUT2D eigenvalue weighted by atomic mass is 9.83. The van der Waals surface area contributed by atoms with Crippen molar-refractivity contribution in [2.75, 3.05) is 13.2 Å². The fourth-order valence-electron chi connectivity index (χ4n) is 4.06. The fraction of sp³-hybridized carbons (Fsp3) is 0.652. The average Bonchev–Trinajstić information content (AvgIpc) is 3.21. The summed E-state index contributed by atoms with van der Waals surface area (Å²) >= 11 is 0. The molecule has 0 heterocycles. The largest absolute Gasteiger partial charge is 0.465 e. The van der Waals surface area contributed by atoms with Gasteiger partial charge in [-0.3, -0.25) is 9.59 Å². The molecule has 0 saturated heterocycles. The van der Waals surface area contributed by atoms with E-state index in [-0.39, 0.29) is 35.6 Å². The highest BCUT2D eigenvalue weighted by atomic mass is 16.5. The van der Waals surface area contributed by atoms with Gasteiger partial charge in [-0.15, -0.1) is 13.2 Å². The molecule has 2 rings (SSSR count). The van der Waals surface area contributed by atoms with E-state index in [4.69, 9.17) is 9.47 Å². The van der Waals surface area contributed by atoms with E-state index in [9.17, 15) is 9.59 Å². The van der Waals surface area contributed by atoms with Crippen LogP contribution < -0.4 is 0 Å². The lowest BCUT2D eigenvalue weighted by Crippen LogP contribution is -2.35. The molecule has 4 atom stereocenters. The van der Waals surface area contributed by atoms with E-state index in [0.717, 1.165) is 56.1 Å². The first-order valence-electron chi connectivity index (χ1n) is 10.2. The maximum Gasteiger partial charge on any atom is 0.310 e. The van der Waals surface area contributed by atoms with Crippen molar-refractivity contribution in [3.8, 4) is 0 Å². The molecule has 1 fully saturated rings. The Kier molecular flexibility index (Phi) is 8.33. The Morgan fingerprint density at radius 2 is 1.22 bits per heavy atom. The van der Waals surface area contributed by atoms with E-state index in [0.29, 0.717) is 13.2 Å². The molecule has 4 unspecified atom stereocenters. The minimum absolute atomic E-state index is 0.110. The topological polar surface area (TPSA) is 52.6 Å². The standard InChI is InChI=1S/C23H34O4/c1-16(2)9-5-7-13-26-22(24)20-18-11-12-19(15-18)21(20)23(25)27-14-8-6-10-17(3)4/h11-12,18-21H,1,3,5-10,13-15H2,2,4H3. The molecule has 4 nitrogen and oxygen atoms in total. The number of hydrogen-bond acceptors (Lipinski definition) is 4. The molecule has 2 bridgehead atoms. The first-order valence-corrected chi connectivity index (χ1v) is 10.2. The van der Waals surface area contributed by atoms with Gasteiger partial charge in [-0.2, -0.15) is 0 Å². The number of hydrogen-bond donors (Lipinski definition) is 0. The van der Waals surface area contributed by atoms with Crippen molar-refractivity contribution in [1.29, 1.82) is 0 Å². The summed E-state index contributed by atoms with van der Waals surface area (Å²) in [5, 5.41) is 0. The van der Waals surface area contributed by atoms with Gasteiger partial charge in [0, 0.05) is 0 Å². The Balaban J connectivity index is 1.79. The molecule has 0 radical (unpaired) electrons. The number of carbonyl (C=O) groups excluding carboxylic acids is 2. The van der Waals surface area contributed by atoms with Gasteiger partial charge in [0.1, 0.15) is 0 Å². The van der Waals surface area contributed by atoms with E-state index in [1.54, 1.807) is 0 Å². The molecule has 1 saturated carbocycles. The van der Waals surface area contributed by atoms with Crippen molar-refractivity contribution in [2.24, 2.45) is 23.7 Å². The quantitative estimate of drug-likeness (QED) is 0.274. The molecule has 27 heavy (non-hydrogen) atoms. The van der Waals surface area contributed by atoms with Gasteiger partial charge in [-0.05, 0) is 70.6 Å². The zero-order valence-electron chi connectivity index (χ0n) is 16.9. The molecule has 0 aromatic rings. The number of allylic oxidation sites excluding steroid dienone is 4. The van der Waals surface area contributed by atoms with E-state index < -0.39 is 0 Å². The maximum atomic E-state index is 12.6. The predicted octanol–water partition coefficient (Wildman–Crippen LogP) is 5.00. The number of carbonyl (C=O) groups is 2. The summed E-state index contributed by atoms with van der Waals surface area (Å²) in [7, 11) is 0. The SMILES string of the molecule is C=C(C)CCCCOC(=O)C1C2C=CC(C2)C1C(=O)OCCCCC(=C)C. The second-order valence-electron chi connectivity index (χ2n) is 8.16. The molecular formula is C23H34O4. The lowest BCUT2D eigenvalue weighted by molar-refractivity contribution is -0.161. The van der Waals surface area contributed by atoms with Crippen molar-refractivity contribution in [3.05, 3.63) is 36.5 Å². The van der Waals surface area contributed by atoms with Crippen LogP contribution in [0.3, 0.4) is 0 Å². The number of unbranched alkanes of at least 4 members (excludes halogenated alkanes) is 2. The summed E-state index contributed by atoms with van der Waals surface area (Å²) in [6, 6.07) is 0. The lowest BCUT2D eigenvalue weighted by Gasteiger charge is -2.25. The van der Waals surface area contributed by atoms with Gasteiger partial charge in [0.2, 0.25) is 0 Å². The summed E-state index contributed by atoms with van der Waals surface area (Å²) in [6.45, 7) is 12.6. The van der Waals surface area contributed by atoms with E-state index >= 15 is 0 Å². The highest BCUT2D eigenvalue weighted by Gasteiger charge is 2.53. The Bertz CT molecular complexity index is 539. The number of fused-ring (bicyclic) bond motifs is 2. The first kappa shape index (κ1) is 21.5. The molecule has 0 amide bonds. The fourth-order valence-corrected chi connectivity index (χ4v) is 4.06. The van der Waals surface area contributed by atoms with Crippen LogP contribution in [0.15, 0.2) is 36.5 Å². The summed E-state index contributed by atoms with van der Waals surface area (Å²) < 4.78 is 11.0. The van der Waals surface area contributed by atoms with Gasteiger partial charge in [0.25, 0.3) is 0 Å². The Morgan fingerprint density at radius 1 is 0.815 bits per heavy atom. The van der Waals surface area contributed by atoms with Crippen LogP contribution in [0.5, 0.6) is 0 Å². The third kappa shape index (κ3) is 6.37. The monoisotopic (exact) mass is 374 g/mol. The van der Waals surface area contributed by atoms with Gasteiger partial charge in [0.15, 0.2) is 0 Å². The number of ether oxygens (including phenoxy) is 2. The molecule has 2 aliphatic carbocycles. The van der Waals surface area contributed by atoms with Gasteiger partial charge in [0.05, 0.1) is 25.0 Å². The van der Waals surface area contributed by atoms with E-state index in [2.05, 4.69) is 25.3 Å². The van der Waals surface area contributed by atoms with Crippen molar-refractivity contribution >= 4 is 11.9 Å². The second-order valence-corrected chi connectivity index (χ2v) is 8.16. The highest BCUT2D eigenvalue weighted by Crippen LogP contribution is 2.49. The Morgan fingerprint density at radius 3 is 1.59 bits per heavy atom. The molecule has 0 spiro atoms. The Hall–Kier alpha value is -1.84. The van der Waals surface area contributed by atoms with Crippen molar-refractivity contribution in [3.63, 3.8) is 0 Å². The number of esters is 2. The summed E-state index contributed by atoms with van der Waals surface area (Å²) in [5.41, 5.74) is 2.29. The summed E-state index contributed by atoms with van der Waals surface area (Å²) in [6.07, 6.45) is 10.5. The minimum Gasteiger partial charge on any atom is -0.465 e. The highest BCUT2D eigenvalue weighted by molar-refractivity contribution is 5.84. The molecule has 0 N–H and O–H groups in total. The van der Waals surface area contributed by atoms with Crippen LogP contribution in [-0.2, 0) is 19.1 Å². The van der Waals surface area contributed by atoms with Crippen LogP contribution >= 0.6 is 0 Å². The normalized spacial score (nSPS) is 25.4. The van der Waals surface area contributed by atoms with Gasteiger partial charge in [-0.1, -0.05) is 23.3 Å². The molecule has 0 aromatic heterocycles. The summed E-state index contributed by atoms with van der Waals surface area (Å²) in [4.78, 5) is 25.2. The van der Waals surface area contributed by atoms with Crippen molar-refractivity contribution < 1.29 is 19.1 Å². The minimum atomic E-state index is -0.385. The molecule has 2 aliphatic rings. The van der Waals surface area contributed by atoms with Crippen LogP contribution in [0.4, 0.5) is 0 Å². The Labute approximate surface area is 163 Å². The average molecular weight is 375 g/mol. The second kappa shape index (κ2) is 10.5. The molecule has 0 aromatic carbocycles. The van der Waals surface area contributed by atoms with Crippen LogP contribution in [0.1, 0.15) is 58.8 Å².